The number of nitrogens with zero attached hydrogens (tertiary/aromatic N) is 3. The number of aryl methyl sites for hydroxylation is 1. The normalized spacial score (nSPS) is 11.0. The molecule has 2 aromatic heterocycles. The highest BCUT2D eigenvalue weighted by atomic mass is 79.9. The van der Waals surface area contributed by atoms with E-state index in [1.165, 1.54) is 23.1 Å². The molecule has 0 radical (unpaired) electrons. The Morgan fingerprint density at radius 3 is 2.91 bits per heavy atom. The molecule has 0 bridgehead atoms. The zero-order chi connectivity index (χ0) is 15.5. The van der Waals surface area contributed by atoms with Gasteiger partial charge in [-0.2, -0.15) is 0 Å². The molecule has 0 aliphatic heterocycles. The first-order chi connectivity index (χ1) is 10.6. The van der Waals surface area contributed by atoms with E-state index in [2.05, 4.69) is 26.1 Å². The molecule has 0 spiro atoms. The molecule has 0 atom stereocenters. The van der Waals surface area contributed by atoms with Crippen molar-refractivity contribution in [3.05, 3.63) is 49.5 Å². The molecule has 0 unspecified atom stereocenters. The molecule has 5 nitrogen and oxygen atoms in total. The van der Waals surface area contributed by atoms with Gasteiger partial charge in [-0.1, -0.05) is 35.2 Å². The minimum atomic E-state index is 0.0672. The van der Waals surface area contributed by atoms with Crippen LogP contribution >= 0.6 is 39.0 Å². The van der Waals surface area contributed by atoms with Crippen molar-refractivity contribution < 1.29 is 4.42 Å². The quantitative estimate of drug-likeness (QED) is 0.612. The summed E-state index contributed by atoms with van der Waals surface area (Å²) in [6.07, 6.45) is 0. The summed E-state index contributed by atoms with van der Waals surface area (Å²) in [6, 6.07) is 7.70. The monoisotopic (exact) mass is 397 g/mol. The summed E-state index contributed by atoms with van der Waals surface area (Å²) in [5.74, 6) is 1.19. The number of benzene rings is 1. The highest BCUT2D eigenvalue weighted by Crippen LogP contribution is 2.28. The van der Waals surface area contributed by atoms with Crippen molar-refractivity contribution in [1.82, 2.24) is 14.8 Å². The van der Waals surface area contributed by atoms with Gasteiger partial charge in [0.25, 0.3) is 5.22 Å². The summed E-state index contributed by atoms with van der Waals surface area (Å²) < 4.78 is 8.32. The second-order valence-corrected chi connectivity index (χ2v) is 7.22. The van der Waals surface area contributed by atoms with Gasteiger partial charge in [0.15, 0.2) is 0 Å². The maximum atomic E-state index is 11.6. The Labute approximate surface area is 143 Å². The van der Waals surface area contributed by atoms with E-state index in [0.717, 1.165) is 15.7 Å². The van der Waals surface area contributed by atoms with E-state index in [-0.39, 0.29) is 4.87 Å². The SMILES string of the molecule is Cc1csc(=O)n1CCSc1nnc(-c2ccccc2Br)o1. The number of rotatable bonds is 5. The Balaban J connectivity index is 1.65. The van der Waals surface area contributed by atoms with Crippen molar-refractivity contribution >= 4 is 39.0 Å². The van der Waals surface area contributed by atoms with Gasteiger partial charge in [-0.15, -0.1) is 10.2 Å². The molecule has 0 aliphatic rings. The van der Waals surface area contributed by atoms with E-state index in [0.29, 0.717) is 23.4 Å². The molecule has 3 aromatic rings. The predicted molar refractivity (Wildman–Crippen MR) is 91.5 cm³/mol. The fourth-order valence-corrected chi connectivity index (χ4v) is 3.81. The van der Waals surface area contributed by atoms with Gasteiger partial charge in [-0.05, 0) is 35.0 Å². The van der Waals surface area contributed by atoms with E-state index in [9.17, 15) is 4.79 Å². The Bertz CT molecular complexity index is 840. The van der Waals surface area contributed by atoms with Gasteiger partial charge in [0.2, 0.25) is 5.89 Å². The first kappa shape index (κ1) is 15.5. The fourth-order valence-electron chi connectivity index (χ4n) is 1.91. The van der Waals surface area contributed by atoms with Crippen LogP contribution in [0.3, 0.4) is 0 Å². The molecule has 0 saturated carbocycles. The summed E-state index contributed by atoms with van der Waals surface area (Å²) in [5.41, 5.74) is 1.85. The van der Waals surface area contributed by atoms with E-state index < -0.39 is 0 Å². The zero-order valence-corrected chi connectivity index (χ0v) is 14.9. The smallest absolute Gasteiger partial charge is 0.307 e. The number of thiazole rings is 1. The maximum Gasteiger partial charge on any atom is 0.307 e. The number of hydrogen-bond donors (Lipinski definition) is 0. The average Bonchev–Trinajstić information content (AvgIpc) is 3.09. The molecule has 0 fully saturated rings. The van der Waals surface area contributed by atoms with Gasteiger partial charge in [0.05, 0.1) is 5.56 Å². The Morgan fingerprint density at radius 1 is 1.36 bits per heavy atom. The largest absolute Gasteiger partial charge is 0.411 e. The first-order valence-electron chi connectivity index (χ1n) is 6.51. The molecular weight excluding hydrogens is 386 g/mol. The van der Waals surface area contributed by atoms with E-state index in [1.807, 2.05) is 36.6 Å². The highest BCUT2D eigenvalue weighted by molar-refractivity contribution is 9.10. The average molecular weight is 398 g/mol. The zero-order valence-electron chi connectivity index (χ0n) is 11.7. The van der Waals surface area contributed by atoms with Crippen LogP contribution in [0.4, 0.5) is 0 Å². The van der Waals surface area contributed by atoms with Crippen LogP contribution in [0.15, 0.2) is 48.6 Å². The molecule has 114 valence electrons. The molecule has 22 heavy (non-hydrogen) atoms. The second-order valence-electron chi connectivity index (χ2n) is 4.50. The molecule has 0 aliphatic carbocycles. The molecule has 0 amide bonds. The van der Waals surface area contributed by atoms with Crippen LogP contribution in [0.25, 0.3) is 11.5 Å². The Hall–Kier alpha value is -1.38. The molecule has 1 aromatic carbocycles. The minimum Gasteiger partial charge on any atom is -0.411 e. The van der Waals surface area contributed by atoms with Crippen LogP contribution in [0.1, 0.15) is 5.69 Å². The van der Waals surface area contributed by atoms with Crippen molar-refractivity contribution in [2.75, 3.05) is 5.75 Å². The third kappa shape index (κ3) is 3.34. The van der Waals surface area contributed by atoms with Crippen molar-refractivity contribution in [3.63, 3.8) is 0 Å². The lowest BCUT2D eigenvalue weighted by atomic mass is 10.2. The molecule has 8 heteroatoms. The van der Waals surface area contributed by atoms with Crippen LogP contribution in [0.2, 0.25) is 0 Å². The standard InChI is InChI=1S/C14H12BrN3O2S2/c1-9-8-22-14(19)18(9)6-7-21-13-17-16-12(20-13)10-4-2-3-5-11(10)15/h2-5,8H,6-7H2,1H3. The molecule has 0 saturated heterocycles. The van der Waals surface area contributed by atoms with Crippen molar-refractivity contribution in [3.8, 4) is 11.5 Å². The van der Waals surface area contributed by atoms with E-state index >= 15 is 0 Å². The van der Waals surface area contributed by atoms with E-state index in [1.54, 1.807) is 4.57 Å². The van der Waals surface area contributed by atoms with Gasteiger partial charge >= 0.3 is 4.87 Å². The lowest BCUT2D eigenvalue weighted by molar-refractivity contribution is 0.465. The lowest BCUT2D eigenvalue weighted by Gasteiger charge is -2.01. The summed E-state index contributed by atoms with van der Waals surface area (Å²) in [7, 11) is 0. The van der Waals surface area contributed by atoms with Gasteiger partial charge in [0.1, 0.15) is 0 Å². The number of aromatic nitrogens is 3. The van der Waals surface area contributed by atoms with Crippen LogP contribution in [0.5, 0.6) is 0 Å². The molecule has 2 heterocycles. The fraction of sp³-hybridized carbons (Fsp3) is 0.214. The van der Waals surface area contributed by atoms with Gasteiger partial charge < -0.3 is 8.98 Å². The van der Waals surface area contributed by atoms with Gasteiger partial charge in [-0.3, -0.25) is 4.79 Å². The summed E-state index contributed by atoms with van der Waals surface area (Å²) in [5, 5.41) is 10.5. The number of hydrogen-bond acceptors (Lipinski definition) is 6. The first-order valence-corrected chi connectivity index (χ1v) is 9.17. The maximum absolute atomic E-state index is 11.6. The number of halogens is 1. The van der Waals surface area contributed by atoms with E-state index in [4.69, 9.17) is 4.42 Å². The summed E-state index contributed by atoms with van der Waals surface area (Å²) in [4.78, 5) is 11.7. The minimum absolute atomic E-state index is 0.0672. The summed E-state index contributed by atoms with van der Waals surface area (Å²) >= 11 is 6.13. The van der Waals surface area contributed by atoms with Crippen LogP contribution in [-0.2, 0) is 6.54 Å². The van der Waals surface area contributed by atoms with Crippen molar-refractivity contribution in [1.29, 1.82) is 0 Å². The summed E-state index contributed by atoms with van der Waals surface area (Å²) in [6.45, 7) is 2.56. The lowest BCUT2D eigenvalue weighted by Crippen LogP contribution is -2.15. The highest BCUT2D eigenvalue weighted by Gasteiger charge is 2.12. The van der Waals surface area contributed by atoms with Crippen molar-refractivity contribution in [2.45, 2.75) is 18.7 Å². The topological polar surface area (TPSA) is 60.9 Å². The molecular formula is C14H12BrN3O2S2. The second kappa shape index (κ2) is 6.80. The Morgan fingerprint density at radius 2 is 2.18 bits per heavy atom. The van der Waals surface area contributed by atoms with Gasteiger partial charge in [0, 0.05) is 27.8 Å². The van der Waals surface area contributed by atoms with Crippen LogP contribution in [-0.4, -0.2) is 20.5 Å². The van der Waals surface area contributed by atoms with Crippen LogP contribution in [0, 0.1) is 6.92 Å². The van der Waals surface area contributed by atoms with Crippen molar-refractivity contribution in [2.24, 2.45) is 0 Å². The molecule has 3 rings (SSSR count). The van der Waals surface area contributed by atoms with Gasteiger partial charge in [-0.25, -0.2) is 0 Å². The number of thioether (sulfide) groups is 1. The Kier molecular flexibility index (Phi) is 4.80. The third-order valence-electron chi connectivity index (χ3n) is 3.03. The third-order valence-corrected chi connectivity index (χ3v) is 5.40. The predicted octanol–water partition coefficient (Wildman–Crippen LogP) is 3.82. The molecule has 0 N–H and O–H groups in total. The van der Waals surface area contributed by atoms with Crippen LogP contribution < -0.4 is 4.87 Å².